The maximum absolute atomic E-state index is 12.8. The van der Waals surface area contributed by atoms with Gasteiger partial charge in [0.1, 0.15) is 11.6 Å². The average Bonchev–Trinajstić information content (AvgIpc) is 2.53. The summed E-state index contributed by atoms with van der Waals surface area (Å²) in [6.45, 7) is 0. The second-order valence-corrected chi connectivity index (χ2v) is 5.92. The number of carbonyl (C=O) groups is 1. The van der Waals surface area contributed by atoms with Crippen LogP contribution in [0.2, 0.25) is 0 Å². The minimum absolute atomic E-state index is 0.163. The van der Waals surface area contributed by atoms with Crippen LogP contribution >= 0.6 is 0 Å². The van der Waals surface area contributed by atoms with Gasteiger partial charge in [0.2, 0.25) is 0 Å². The van der Waals surface area contributed by atoms with Crippen LogP contribution in [0.3, 0.4) is 0 Å². The Hall–Kier alpha value is -2.45. The molecule has 0 bridgehead atoms. The molecule has 1 amide bonds. The Morgan fingerprint density at radius 2 is 1.64 bits per heavy atom. The zero-order valence-corrected chi connectivity index (χ0v) is 12.4. The molecule has 0 aromatic heterocycles. The van der Waals surface area contributed by atoms with Gasteiger partial charge in [-0.05, 0) is 48.5 Å². The van der Waals surface area contributed by atoms with Crippen molar-refractivity contribution >= 4 is 15.9 Å². The predicted octanol–water partition coefficient (Wildman–Crippen LogP) is 1.46. The Labute approximate surface area is 126 Å². The van der Waals surface area contributed by atoms with Crippen molar-refractivity contribution in [1.29, 1.82) is 0 Å². The number of ether oxygens (including phenoxy) is 1. The van der Waals surface area contributed by atoms with Gasteiger partial charge in [-0.15, -0.1) is 4.83 Å². The molecular weight excluding hydrogens is 311 g/mol. The van der Waals surface area contributed by atoms with Crippen LogP contribution in [-0.4, -0.2) is 21.4 Å². The van der Waals surface area contributed by atoms with Gasteiger partial charge in [-0.3, -0.25) is 10.2 Å². The lowest BCUT2D eigenvalue weighted by Crippen LogP contribution is -2.41. The van der Waals surface area contributed by atoms with Gasteiger partial charge in [0.15, 0.2) is 0 Å². The molecule has 0 unspecified atom stereocenters. The fourth-order valence-corrected chi connectivity index (χ4v) is 2.44. The molecule has 2 aromatic carbocycles. The topological polar surface area (TPSA) is 84.5 Å². The van der Waals surface area contributed by atoms with E-state index in [1.165, 1.54) is 19.2 Å². The second-order valence-electron chi connectivity index (χ2n) is 4.24. The van der Waals surface area contributed by atoms with E-state index in [9.17, 15) is 17.6 Å². The largest absolute Gasteiger partial charge is 0.497 e. The monoisotopic (exact) mass is 324 g/mol. The molecule has 8 heteroatoms. The van der Waals surface area contributed by atoms with Crippen LogP contribution in [-0.2, 0) is 10.0 Å². The van der Waals surface area contributed by atoms with Crippen LogP contribution in [0.25, 0.3) is 0 Å². The van der Waals surface area contributed by atoms with Crippen molar-refractivity contribution in [2.75, 3.05) is 7.11 Å². The molecule has 2 N–H and O–H groups in total. The van der Waals surface area contributed by atoms with Crippen LogP contribution in [0, 0.1) is 5.82 Å². The van der Waals surface area contributed by atoms with E-state index in [0.717, 1.165) is 24.3 Å². The first-order valence-electron chi connectivity index (χ1n) is 6.14. The second kappa shape index (κ2) is 6.54. The van der Waals surface area contributed by atoms with E-state index in [2.05, 4.69) is 5.43 Å². The molecule has 0 saturated carbocycles. The van der Waals surface area contributed by atoms with E-state index in [1.807, 2.05) is 4.83 Å². The summed E-state index contributed by atoms with van der Waals surface area (Å²) in [5.74, 6) is -0.613. The highest BCUT2D eigenvalue weighted by Gasteiger charge is 2.15. The number of hydrazine groups is 1. The van der Waals surface area contributed by atoms with Crippen LogP contribution in [0.5, 0.6) is 5.75 Å². The van der Waals surface area contributed by atoms with Gasteiger partial charge >= 0.3 is 0 Å². The highest BCUT2D eigenvalue weighted by atomic mass is 32.2. The van der Waals surface area contributed by atoms with Gasteiger partial charge in [0.05, 0.1) is 12.0 Å². The maximum Gasteiger partial charge on any atom is 0.266 e. The number of methoxy groups -OCH3 is 1. The van der Waals surface area contributed by atoms with Crippen molar-refractivity contribution in [3.63, 3.8) is 0 Å². The summed E-state index contributed by atoms with van der Waals surface area (Å²) in [6, 6.07) is 10.3. The van der Waals surface area contributed by atoms with Crippen LogP contribution < -0.4 is 15.0 Å². The van der Waals surface area contributed by atoms with Gasteiger partial charge in [-0.2, -0.15) is 0 Å². The third-order valence-corrected chi connectivity index (χ3v) is 4.04. The number of sulfonamides is 1. The Balaban J connectivity index is 2.04. The van der Waals surface area contributed by atoms with Crippen molar-refractivity contribution < 1.29 is 22.3 Å². The number of amides is 1. The van der Waals surface area contributed by atoms with Gasteiger partial charge in [-0.25, -0.2) is 12.8 Å². The number of halogens is 1. The van der Waals surface area contributed by atoms with Gasteiger partial charge in [0, 0.05) is 5.56 Å². The molecule has 0 aliphatic rings. The zero-order valence-electron chi connectivity index (χ0n) is 11.5. The van der Waals surface area contributed by atoms with Crippen molar-refractivity contribution in [3.8, 4) is 5.75 Å². The molecule has 0 atom stereocenters. The van der Waals surface area contributed by atoms with Crippen molar-refractivity contribution in [3.05, 3.63) is 59.9 Å². The summed E-state index contributed by atoms with van der Waals surface area (Å²) in [5, 5.41) is 0. The van der Waals surface area contributed by atoms with Gasteiger partial charge in [0.25, 0.3) is 15.9 Å². The summed E-state index contributed by atoms with van der Waals surface area (Å²) in [7, 11) is -2.47. The highest BCUT2D eigenvalue weighted by molar-refractivity contribution is 7.89. The molecule has 6 nitrogen and oxygen atoms in total. The molecule has 0 saturated heterocycles. The lowest BCUT2D eigenvalue weighted by atomic mass is 10.2. The summed E-state index contributed by atoms with van der Waals surface area (Å²) in [4.78, 5) is 13.6. The average molecular weight is 324 g/mol. The highest BCUT2D eigenvalue weighted by Crippen LogP contribution is 2.11. The van der Waals surface area contributed by atoms with E-state index < -0.39 is 21.7 Å². The third-order valence-electron chi connectivity index (χ3n) is 2.78. The first-order chi connectivity index (χ1) is 10.4. The fourth-order valence-electron chi connectivity index (χ4n) is 1.60. The molecule has 0 radical (unpaired) electrons. The minimum Gasteiger partial charge on any atom is -0.497 e. The molecule has 0 aliphatic carbocycles. The number of hydrogen-bond donors (Lipinski definition) is 2. The van der Waals surface area contributed by atoms with E-state index in [4.69, 9.17) is 4.74 Å². The number of hydrogen-bond acceptors (Lipinski definition) is 4. The number of rotatable bonds is 5. The van der Waals surface area contributed by atoms with Crippen LogP contribution in [0.15, 0.2) is 53.4 Å². The van der Waals surface area contributed by atoms with Crippen molar-refractivity contribution in [2.45, 2.75) is 4.90 Å². The molecular formula is C14H13FN2O4S. The Kier molecular flexibility index (Phi) is 4.74. The van der Waals surface area contributed by atoms with Crippen LogP contribution in [0.4, 0.5) is 4.39 Å². The van der Waals surface area contributed by atoms with Crippen molar-refractivity contribution in [2.24, 2.45) is 0 Å². The Morgan fingerprint density at radius 1 is 1.05 bits per heavy atom. The third kappa shape index (κ3) is 3.80. The molecule has 0 heterocycles. The number of carbonyl (C=O) groups excluding carboxylic acids is 1. The van der Waals surface area contributed by atoms with E-state index in [1.54, 1.807) is 12.1 Å². The van der Waals surface area contributed by atoms with E-state index >= 15 is 0 Å². The summed E-state index contributed by atoms with van der Waals surface area (Å²) in [6.07, 6.45) is 0. The minimum atomic E-state index is -3.97. The smallest absolute Gasteiger partial charge is 0.266 e. The van der Waals surface area contributed by atoms with E-state index in [0.29, 0.717) is 5.75 Å². The quantitative estimate of drug-likeness (QED) is 0.816. The number of benzene rings is 2. The summed E-state index contributed by atoms with van der Waals surface area (Å²) < 4.78 is 41.6. The van der Waals surface area contributed by atoms with Crippen molar-refractivity contribution in [1.82, 2.24) is 10.3 Å². The Morgan fingerprint density at radius 3 is 2.18 bits per heavy atom. The molecule has 22 heavy (non-hydrogen) atoms. The molecule has 116 valence electrons. The molecule has 0 aliphatic heterocycles. The normalized spacial score (nSPS) is 11.0. The van der Waals surface area contributed by atoms with E-state index in [-0.39, 0.29) is 10.5 Å². The lowest BCUT2D eigenvalue weighted by molar-refractivity contribution is 0.0945. The van der Waals surface area contributed by atoms with Gasteiger partial charge < -0.3 is 4.74 Å². The zero-order chi connectivity index (χ0) is 16.2. The first-order valence-corrected chi connectivity index (χ1v) is 7.62. The maximum atomic E-state index is 12.8. The standard InChI is InChI=1S/C14H13FN2O4S/c1-21-12-6-2-10(3-7-12)14(18)16-17-22(19,20)13-8-4-11(15)5-9-13/h2-9,17H,1H3,(H,16,18). The van der Waals surface area contributed by atoms with Crippen LogP contribution in [0.1, 0.15) is 10.4 Å². The molecule has 2 aromatic rings. The molecule has 0 spiro atoms. The summed E-state index contributed by atoms with van der Waals surface area (Å²) >= 11 is 0. The SMILES string of the molecule is COc1ccc(C(=O)NNS(=O)(=O)c2ccc(F)cc2)cc1. The first kappa shape index (κ1) is 15.9. The number of nitrogens with one attached hydrogen (secondary N) is 2. The lowest BCUT2D eigenvalue weighted by Gasteiger charge is -2.08. The predicted molar refractivity (Wildman–Crippen MR) is 77.2 cm³/mol. The summed E-state index contributed by atoms with van der Waals surface area (Å²) in [5.41, 5.74) is 2.33. The molecule has 0 fully saturated rings. The van der Waals surface area contributed by atoms with Gasteiger partial charge in [-0.1, -0.05) is 0 Å². The molecule has 2 rings (SSSR count). The fraction of sp³-hybridized carbons (Fsp3) is 0.0714. The Bertz CT molecular complexity index is 758.